The number of fused-ring (bicyclic) bond motifs is 2. The Kier molecular flexibility index (Phi) is 18.0. The number of benzene rings is 2. The number of pyridine rings is 2. The van der Waals surface area contributed by atoms with E-state index in [9.17, 15) is 0 Å². The SMILES string of the molecule is CC1(C)OB(B2OC(C)(C)C(C)(C)O2)OC1(C)C.COc1cc(B2OC(C)(C)C(C)(C)O2)cc2c1cnn2-c1cccc(CO[Si](C)(C)C(C)(C)C)n1.COc1cc(Br)cc2c1cnn2-c1cccc(CO[Si](C)(C)C(C)(C)C)n1. The lowest BCUT2D eigenvalue weighted by Gasteiger charge is -2.36. The molecule has 9 rings (SSSR count). The molecule has 6 aromatic rings. The van der Waals surface area contributed by atoms with Gasteiger partial charge in [-0.15, -0.1) is 0 Å². The minimum Gasteiger partial charge on any atom is -0.496 e. The molecule has 3 aliphatic rings. The molecule has 0 bridgehead atoms. The number of hydrogen-bond acceptors (Lipinski definition) is 14. The van der Waals surface area contributed by atoms with Crippen molar-refractivity contribution < 1.29 is 46.3 Å². The average Bonchev–Trinajstić information content (AvgIpc) is 4.16. The minimum atomic E-state index is -1.88. The van der Waals surface area contributed by atoms with E-state index >= 15 is 0 Å². The third-order valence-corrected chi connectivity index (χ3v) is 27.2. The summed E-state index contributed by atoms with van der Waals surface area (Å²) in [6, 6.07) is 19.9. The molecule has 22 heteroatoms. The molecular formula is C58H88B3BrN6O10Si2. The van der Waals surface area contributed by atoms with Crippen molar-refractivity contribution in [2.45, 2.75) is 208 Å². The molecule has 0 atom stereocenters. The lowest BCUT2D eigenvalue weighted by molar-refractivity contribution is 0.00578. The van der Waals surface area contributed by atoms with Gasteiger partial charge in [-0.3, -0.25) is 0 Å². The maximum Gasteiger partial charge on any atom is 0.495 e. The predicted octanol–water partition coefficient (Wildman–Crippen LogP) is 13.2. The van der Waals surface area contributed by atoms with Crippen molar-refractivity contribution in [3.8, 4) is 23.1 Å². The minimum absolute atomic E-state index is 0.142. The molecule has 7 heterocycles. The normalized spacial score (nSPS) is 19.2. The first-order valence-electron chi connectivity index (χ1n) is 27.7. The smallest absolute Gasteiger partial charge is 0.495 e. The zero-order chi connectivity index (χ0) is 59.6. The van der Waals surface area contributed by atoms with E-state index in [0.29, 0.717) is 13.2 Å². The van der Waals surface area contributed by atoms with Crippen LogP contribution < -0.4 is 14.9 Å². The standard InChI is InChI=1S/C26H38BN3O4Si.C20H26BrN3O2Si.C12H24B2O4/c1-24(2,3)35(9,10)32-17-19-12-11-13-23(29-19)30-21-14-18(15-22(31-8)20(21)16-28-30)27-33-25(4,5)26(6,7)34-27;1-20(2,3)27(5,6)26-13-15-8-7-9-19(23-15)24-17-10-14(21)11-18(25-4)16(17)12-22-24;1-9(2)10(3,4)16-13(15-9)14-17-11(5,6)12(7,8)18-14/h11-16H,17H2,1-10H3;7-12H,13H2,1-6H3;1-8H3. The highest BCUT2D eigenvalue weighted by Gasteiger charge is 2.64. The van der Waals surface area contributed by atoms with Crippen LogP contribution in [-0.2, 0) is 50.0 Å². The molecule has 434 valence electrons. The zero-order valence-corrected chi connectivity index (χ0v) is 55.8. The Morgan fingerprint density at radius 2 is 0.863 bits per heavy atom. The number of halogens is 1. The Morgan fingerprint density at radius 3 is 1.23 bits per heavy atom. The first kappa shape index (κ1) is 63.6. The molecule has 80 heavy (non-hydrogen) atoms. The summed E-state index contributed by atoms with van der Waals surface area (Å²) in [7, 11) is -1.83. The van der Waals surface area contributed by atoms with Crippen LogP contribution in [0.2, 0.25) is 36.3 Å². The van der Waals surface area contributed by atoms with Crippen LogP contribution in [0.4, 0.5) is 0 Å². The molecule has 3 aliphatic heterocycles. The van der Waals surface area contributed by atoms with Gasteiger partial charge in [-0.25, -0.2) is 19.3 Å². The molecule has 4 aromatic heterocycles. The number of aromatic nitrogens is 6. The van der Waals surface area contributed by atoms with E-state index in [1.165, 1.54) is 0 Å². The fourth-order valence-electron chi connectivity index (χ4n) is 8.27. The quantitative estimate of drug-likeness (QED) is 0.107. The molecule has 0 saturated carbocycles. The van der Waals surface area contributed by atoms with E-state index in [0.717, 1.165) is 66.3 Å². The Morgan fingerprint density at radius 1 is 0.512 bits per heavy atom. The number of methoxy groups -OCH3 is 2. The van der Waals surface area contributed by atoms with Crippen molar-refractivity contribution in [3.05, 3.63) is 88.9 Å². The number of hydrogen-bond donors (Lipinski definition) is 0. The summed E-state index contributed by atoms with van der Waals surface area (Å²) in [4.78, 5) is 9.65. The van der Waals surface area contributed by atoms with Gasteiger partial charge in [0.15, 0.2) is 28.3 Å². The van der Waals surface area contributed by atoms with Crippen molar-refractivity contribution >= 4 is 81.0 Å². The van der Waals surface area contributed by atoms with E-state index in [1.807, 2.05) is 159 Å². The second-order valence-electron chi connectivity index (χ2n) is 27.2. The van der Waals surface area contributed by atoms with E-state index < -0.39 is 49.0 Å². The second-order valence-corrected chi connectivity index (χ2v) is 37.8. The van der Waals surface area contributed by atoms with Gasteiger partial charge in [-0.05, 0) is 173 Å². The highest BCUT2D eigenvalue weighted by molar-refractivity contribution is 9.10. The van der Waals surface area contributed by atoms with Crippen molar-refractivity contribution in [3.63, 3.8) is 0 Å². The van der Waals surface area contributed by atoms with Crippen LogP contribution in [0, 0.1) is 0 Å². The molecule has 0 aliphatic carbocycles. The summed E-state index contributed by atoms with van der Waals surface area (Å²) in [5.74, 6) is 2.99. The fraction of sp³-hybridized carbons (Fsp3) is 0.586. The van der Waals surface area contributed by atoms with Gasteiger partial charge in [0.1, 0.15) is 11.5 Å². The van der Waals surface area contributed by atoms with Gasteiger partial charge in [-0.2, -0.15) is 10.2 Å². The van der Waals surface area contributed by atoms with Gasteiger partial charge in [-0.1, -0.05) is 69.6 Å². The Hall–Kier alpha value is -3.93. The molecule has 0 unspecified atom stereocenters. The molecule has 0 N–H and O–H groups in total. The van der Waals surface area contributed by atoms with Gasteiger partial charge < -0.3 is 46.3 Å². The van der Waals surface area contributed by atoms with Gasteiger partial charge in [0.05, 0.1) is 107 Å². The molecule has 0 spiro atoms. The van der Waals surface area contributed by atoms with Crippen LogP contribution in [0.25, 0.3) is 33.4 Å². The van der Waals surface area contributed by atoms with Gasteiger partial charge in [0, 0.05) is 4.47 Å². The summed E-state index contributed by atoms with van der Waals surface area (Å²) in [5.41, 5.74) is 2.19. The van der Waals surface area contributed by atoms with Gasteiger partial charge in [0.25, 0.3) is 0 Å². The van der Waals surface area contributed by atoms with E-state index in [4.69, 9.17) is 56.2 Å². The maximum absolute atomic E-state index is 6.40. The Bertz CT molecular complexity index is 3090. The first-order valence-corrected chi connectivity index (χ1v) is 34.3. The highest BCUT2D eigenvalue weighted by atomic mass is 79.9. The Labute approximate surface area is 488 Å². The summed E-state index contributed by atoms with van der Waals surface area (Å²) in [6.07, 6.45) is 3.61. The topological polar surface area (TPSA) is 154 Å². The van der Waals surface area contributed by atoms with Crippen LogP contribution in [0.15, 0.2) is 77.5 Å². The van der Waals surface area contributed by atoms with Crippen LogP contribution in [0.1, 0.15) is 136 Å². The lowest BCUT2D eigenvalue weighted by Crippen LogP contribution is -2.41. The zero-order valence-electron chi connectivity index (χ0n) is 52.2. The first-order chi connectivity index (χ1) is 36.7. The highest BCUT2D eigenvalue weighted by Crippen LogP contribution is 2.44. The van der Waals surface area contributed by atoms with Crippen LogP contribution >= 0.6 is 15.9 Å². The largest absolute Gasteiger partial charge is 0.496 e. The molecule has 0 amide bonds. The summed E-state index contributed by atoms with van der Waals surface area (Å²) in [5, 5.41) is 11.3. The summed E-state index contributed by atoms with van der Waals surface area (Å²) in [6.45, 7) is 47.8. The monoisotopic (exact) mass is 1200 g/mol. The molecule has 3 saturated heterocycles. The second kappa shape index (κ2) is 22.6. The summed E-state index contributed by atoms with van der Waals surface area (Å²) < 4.78 is 64.9. The Balaban J connectivity index is 0.000000183. The molecule has 2 aromatic carbocycles. The fourth-order valence-corrected chi connectivity index (χ4v) is 10.6. The molecule has 0 radical (unpaired) electrons. The van der Waals surface area contributed by atoms with Crippen molar-refractivity contribution in [1.29, 1.82) is 0 Å². The number of ether oxygens (including phenoxy) is 2. The van der Waals surface area contributed by atoms with Gasteiger partial charge >= 0.3 is 21.1 Å². The van der Waals surface area contributed by atoms with Crippen molar-refractivity contribution in [2.75, 3.05) is 14.2 Å². The van der Waals surface area contributed by atoms with Crippen molar-refractivity contribution in [2.24, 2.45) is 0 Å². The number of nitrogens with zero attached hydrogens (tertiary/aromatic N) is 6. The van der Waals surface area contributed by atoms with E-state index in [1.54, 1.807) is 20.4 Å². The predicted molar refractivity (Wildman–Crippen MR) is 330 cm³/mol. The van der Waals surface area contributed by atoms with Crippen LogP contribution in [0.5, 0.6) is 11.5 Å². The number of rotatable bonds is 12. The van der Waals surface area contributed by atoms with Crippen LogP contribution in [0.3, 0.4) is 0 Å². The summed E-state index contributed by atoms with van der Waals surface area (Å²) >= 11 is 3.54. The van der Waals surface area contributed by atoms with E-state index in [-0.39, 0.29) is 32.5 Å². The third kappa shape index (κ3) is 13.2. The third-order valence-electron chi connectivity index (χ3n) is 17.8. The van der Waals surface area contributed by atoms with Crippen LogP contribution in [-0.4, -0.2) is 115 Å². The average molecular weight is 1200 g/mol. The molecule has 16 nitrogen and oxygen atoms in total. The van der Waals surface area contributed by atoms with Crippen molar-refractivity contribution in [1.82, 2.24) is 29.5 Å². The molecule has 3 fully saturated rings. The van der Waals surface area contributed by atoms with E-state index in [2.05, 4.69) is 93.9 Å². The molecular weight excluding hydrogens is 1110 g/mol. The van der Waals surface area contributed by atoms with Gasteiger partial charge in [0.2, 0.25) is 0 Å². The maximum atomic E-state index is 6.40. The lowest BCUT2D eigenvalue weighted by atomic mass is 9.49.